The summed E-state index contributed by atoms with van der Waals surface area (Å²) in [6.07, 6.45) is 3.14. The molecule has 0 unspecified atom stereocenters. The third-order valence-corrected chi connectivity index (χ3v) is 2.47. The predicted octanol–water partition coefficient (Wildman–Crippen LogP) is 1.84. The number of methoxy groups -OCH3 is 2. The SMILES string of the molecule is COC(=O)c1c(-c2cncc(OC)c2)noc1C. The molecule has 0 amide bonds. The van der Waals surface area contributed by atoms with E-state index >= 15 is 0 Å². The molecule has 2 aromatic heterocycles. The molecule has 6 heteroatoms. The molecule has 94 valence electrons. The van der Waals surface area contributed by atoms with Gasteiger partial charge in [-0.25, -0.2) is 4.79 Å². The molecule has 2 rings (SSSR count). The molecule has 0 N–H and O–H groups in total. The summed E-state index contributed by atoms with van der Waals surface area (Å²) in [4.78, 5) is 15.7. The largest absolute Gasteiger partial charge is 0.495 e. The van der Waals surface area contributed by atoms with E-state index in [9.17, 15) is 4.79 Å². The van der Waals surface area contributed by atoms with Crippen molar-refractivity contribution >= 4 is 5.97 Å². The number of hydrogen-bond acceptors (Lipinski definition) is 6. The van der Waals surface area contributed by atoms with Crippen LogP contribution in [0.25, 0.3) is 11.3 Å². The predicted molar refractivity (Wildman–Crippen MR) is 62.4 cm³/mol. The van der Waals surface area contributed by atoms with Crippen LogP contribution < -0.4 is 4.74 Å². The molecule has 0 aliphatic rings. The Hall–Kier alpha value is -2.37. The zero-order valence-corrected chi connectivity index (χ0v) is 10.3. The van der Waals surface area contributed by atoms with E-state index in [2.05, 4.69) is 10.1 Å². The summed E-state index contributed by atoms with van der Waals surface area (Å²) in [5.74, 6) is 0.482. The minimum Gasteiger partial charge on any atom is -0.495 e. The Morgan fingerprint density at radius 3 is 2.78 bits per heavy atom. The van der Waals surface area contributed by atoms with Crippen LogP contribution >= 0.6 is 0 Å². The molecule has 0 radical (unpaired) electrons. The van der Waals surface area contributed by atoms with Crippen molar-refractivity contribution in [1.29, 1.82) is 0 Å². The summed E-state index contributed by atoms with van der Waals surface area (Å²) < 4.78 is 14.8. The second kappa shape index (κ2) is 4.87. The normalized spacial score (nSPS) is 10.2. The fourth-order valence-electron chi connectivity index (χ4n) is 1.57. The van der Waals surface area contributed by atoms with E-state index < -0.39 is 5.97 Å². The third kappa shape index (κ3) is 2.04. The number of ether oxygens (including phenoxy) is 2. The maximum Gasteiger partial charge on any atom is 0.343 e. The van der Waals surface area contributed by atoms with Crippen molar-refractivity contribution < 1.29 is 18.8 Å². The van der Waals surface area contributed by atoms with Crippen LogP contribution in [-0.2, 0) is 4.74 Å². The van der Waals surface area contributed by atoms with Crippen LogP contribution in [0.15, 0.2) is 23.0 Å². The highest BCUT2D eigenvalue weighted by Gasteiger charge is 2.22. The van der Waals surface area contributed by atoms with E-state index in [1.165, 1.54) is 14.2 Å². The summed E-state index contributed by atoms with van der Waals surface area (Å²) in [6, 6.07) is 1.72. The van der Waals surface area contributed by atoms with Crippen molar-refractivity contribution in [3.8, 4) is 17.0 Å². The first-order valence-electron chi connectivity index (χ1n) is 5.21. The molecular formula is C12H12N2O4. The number of pyridine rings is 1. The van der Waals surface area contributed by atoms with Gasteiger partial charge >= 0.3 is 5.97 Å². The van der Waals surface area contributed by atoms with Gasteiger partial charge in [0.2, 0.25) is 0 Å². The topological polar surface area (TPSA) is 74.5 Å². The second-order valence-corrected chi connectivity index (χ2v) is 3.57. The van der Waals surface area contributed by atoms with E-state index in [0.29, 0.717) is 28.3 Å². The van der Waals surface area contributed by atoms with Gasteiger partial charge in [0.15, 0.2) is 0 Å². The van der Waals surface area contributed by atoms with Crippen LogP contribution in [-0.4, -0.2) is 30.3 Å². The summed E-state index contributed by atoms with van der Waals surface area (Å²) in [5.41, 5.74) is 1.32. The van der Waals surface area contributed by atoms with Crippen LogP contribution in [0.3, 0.4) is 0 Å². The molecule has 0 aromatic carbocycles. The number of carbonyl (C=O) groups excluding carboxylic acids is 1. The molecule has 0 atom stereocenters. The van der Waals surface area contributed by atoms with E-state index in [1.54, 1.807) is 25.4 Å². The van der Waals surface area contributed by atoms with Crippen LogP contribution in [0, 0.1) is 6.92 Å². The Labute approximate surface area is 104 Å². The van der Waals surface area contributed by atoms with Crippen LogP contribution in [0.2, 0.25) is 0 Å². The first-order chi connectivity index (χ1) is 8.67. The van der Waals surface area contributed by atoms with Gasteiger partial charge < -0.3 is 14.0 Å². The molecule has 0 saturated carbocycles. The molecule has 2 aromatic rings. The number of esters is 1. The van der Waals surface area contributed by atoms with Gasteiger partial charge in [0, 0.05) is 11.8 Å². The van der Waals surface area contributed by atoms with Crippen LogP contribution in [0.1, 0.15) is 16.1 Å². The summed E-state index contributed by atoms with van der Waals surface area (Å²) >= 11 is 0. The van der Waals surface area contributed by atoms with Crippen molar-refractivity contribution in [2.75, 3.05) is 14.2 Å². The highest BCUT2D eigenvalue weighted by atomic mass is 16.5. The fraction of sp³-hybridized carbons (Fsp3) is 0.250. The fourth-order valence-corrected chi connectivity index (χ4v) is 1.57. The molecule has 6 nitrogen and oxygen atoms in total. The second-order valence-electron chi connectivity index (χ2n) is 3.57. The molecule has 0 fully saturated rings. The Morgan fingerprint density at radius 1 is 1.33 bits per heavy atom. The maximum absolute atomic E-state index is 11.7. The lowest BCUT2D eigenvalue weighted by atomic mass is 10.1. The minimum atomic E-state index is -0.494. The van der Waals surface area contributed by atoms with Gasteiger partial charge in [0.1, 0.15) is 22.8 Å². The highest BCUT2D eigenvalue weighted by Crippen LogP contribution is 2.27. The average molecular weight is 248 g/mol. The number of hydrogen-bond donors (Lipinski definition) is 0. The van der Waals surface area contributed by atoms with Gasteiger partial charge in [-0.15, -0.1) is 0 Å². The van der Waals surface area contributed by atoms with Gasteiger partial charge in [-0.05, 0) is 13.0 Å². The quantitative estimate of drug-likeness (QED) is 0.771. The standard InChI is InChI=1S/C12H12N2O4/c1-7-10(12(15)17-3)11(14-18-7)8-4-9(16-2)6-13-5-8/h4-6H,1-3H3. The molecular weight excluding hydrogens is 236 g/mol. The average Bonchev–Trinajstić information content (AvgIpc) is 2.80. The van der Waals surface area contributed by atoms with Gasteiger partial charge in [0.25, 0.3) is 0 Å². The molecule has 18 heavy (non-hydrogen) atoms. The number of aryl methyl sites for hydroxylation is 1. The van der Waals surface area contributed by atoms with E-state index in [0.717, 1.165) is 0 Å². The van der Waals surface area contributed by atoms with E-state index in [-0.39, 0.29) is 0 Å². The van der Waals surface area contributed by atoms with Crippen LogP contribution in [0.4, 0.5) is 0 Å². The summed E-state index contributed by atoms with van der Waals surface area (Å²) in [5, 5.41) is 3.86. The van der Waals surface area contributed by atoms with Crippen molar-refractivity contribution in [2.45, 2.75) is 6.92 Å². The number of carbonyl (C=O) groups is 1. The first kappa shape index (κ1) is 12.1. The Morgan fingerprint density at radius 2 is 2.11 bits per heavy atom. The molecule has 0 bridgehead atoms. The minimum absolute atomic E-state index is 0.299. The van der Waals surface area contributed by atoms with Crippen molar-refractivity contribution in [3.05, 3.63) is 29.8 Å². The third-order valence-electron chi connectivity index (χ3n) is 2.47. The lowest BCUT2D eigenvalue weighted by Gasteiger charge is -2.02. The first-order valence-corrected chi connectivity index (χ1v) is 5.21. The number of rotatable bonds is 3. The van der Waals surface area contributed by atoms with Crippen molar-refractivity contribution in [2.24, 2.45) is 0 Å². The lowest BCUT2D eigenvalue weighted by Crippen LogP contribution is -2.03. The Balaban J connectivity index is 2.53. The number of aromatic nitrogens is 2. The number of nitrogens with zero attached hydrogens (tertiary/aromatic N) is 2. The van der Waals surface area contributed by atoms with Gasteiger partial charge in [-0.2, -0.15) is 0 Å². The zero-order valence-electron chi connectivity index (χ0n) is 10.3. The molecule has 0 aliphatic carbocycles. The van der Waals surface area contributed by atoms with Gasteiger partial charge in [-0.3, -0.25) is 4.98 Å². The molecule has 0 aliphatic heterocycles. The summed E-state index contributed by atoms with van der Waals surface area (Å²) in [7, 11) is 2.85. The maximum atomic E-state index is 11.7. The van der Waals surface area contributed by atoms with Gasteiger partial charge in [0.05, 0.1) is 20.4 Å². The van der Waals surface area contributed by atoms with Gasteiger partial charge in [-0.1, -0.05) is 5.16 Å². The highest BCUT2D eigenvalue weighted by molar-refractivity contribution is 5.96. The van der Waals surface area contributed by atoms with Crippen molar-refractivity contribution in [1.82, 2.24) is 10.1 Å². The Bertz CT molecular complexity index is 577. The lowest BCUT2D eigenvalue weighted by molar-refractivity contribution is 0.0599. The summed E-state index contributed by atoms with van der Waals surface area (Å²) in [6.45, 7) is 1.65. The zero-order chi connectivity index (χ0) is 13.1. The smallest absolute Gasteiger partial charge is 0.343 e. The van der Waals surface area contributed by atoms with Crippen LogP contribution in [0.5, 0.6) is 5.75 Å². The van der Waals surface area contributed by atoms with Crippen molar-refractivity contribution in [3.63, 3.8) is 0 Å². The monoisotopic (exact) mass is 248 g/mol. The molecule has 0 spiro atoms. The molecule has 2 heterocycles. The molecule has 0 saturated heterocycles. The van der Waals surface area contributed by atoms with E-state index in [4.69, 9.17) is 14.0 Å². The Kier molecular flexibility index (Phi) is 3.27. The van der Waals surface area contributed by atoms with E-state index in [1.807, 2.05) is 0 Å².